The van der Waals surface area contributed by atoms with E-state index in [0.29, 0.717) is 6.54 Å². The van der Waals surface area contributed by atoms with Crippen LogP contribution in [0.2, 0.25) is 0 Å². The maximum atomic E-state index is 11.6. The molecule has 6 heteroatoms. The second-order valence-corrected chi connectivity index (χ2v) is 4.65. The van der Waals surface area contributed by atoms with Gasteiger partial charge in [0, 0.05) is 11.4 Å². The minimum Gasteiger partial charge on any atom is -0.477 e. The van der Waals surface area contributed by atoms with Gasteiger partial charge < -0.3 is 14.6 Å². The van der Waals surface area contributed by atoms with Crippen molar-refractivity contribution < 1.29 is 14.7 Å². The highest BCUT2D eigenvalue weighted by atomic mass is 16.4. The van der Waals surface area contributed by atoms with Gasteiger partial charge in [0.1, 0.15) is 5.69 Å². The van der Waals surface area contributed by atoms with Gasteiger partial charge in [0.25, 0.3) is 0 Å². The maximum Gasteiger partial charge on any atom is 0.352 e. The summed E-state index contributed by atoms with van der Waals surface area (Å²) in [4.78, 5) is 24.3. The van der Waals surface area contributed by atoms with Crippen LogP contribution in [0, 0.1) is 0 Å². The number of rotatable bonds is 1. The summed E-state index contributed by atoms with van der Waals surface area (Å²) in [6.45, 7) is 0.670. The predicted octanol–water partition coefficient (Wildman–Crippen LogP) is 1.84. The molecule has 0 saturated heterocycles. The lowest BCUT2D eigenvalue weighted by Crippen LogP contribution is -2.29. The Balaban J connectivity index is 2.18. The highest BCUT2D eigenvalue weighted by molar-refractivity contribution is 6.60. The molecule has 0 spiro atoms. The van der Waals surface area contributed by atoms with Crippen LogP contribution >= 0.6 is 0 Å². The van der Waals surface area contributed by atoms with Gasteiger partial charge in [0.05, 0.1) is 13.1 Å². The van der Waals surface area contributed by atoms with E-state index >= 15 is 0 Å². The van der Waals surface area contributed by atoms with Gasteiger partial charge >= 0.3 is 5.97 Å². The summed E-state index contributed by atoms with van der Waals surface area (Å²) in [5.41, 5.74) is 2.54. The molecule has 20 heavy (non-hydrogen) atoms. The molecule has 5 nitrogen and oxygen atoms in total. The molecule has 1 aliphatic rings. The van der Waals surface area contributed by atoms with Gasteiger partial charge in [-0.2, -0.15) is 0 Å². The summed E-state index contributed by atoms with van der Waals surface area (Å²) >= 11 is 0. The number of carboxylic acid groups (broad SMARTS) is 1. The van der Waals surface area contributed by atoms with Gasteiger partial charge in [0.15, 0.2) is 5.81 Å². The minimum atomic E-state index is -0.985. The zero-order chi connectivity index (χ0) is 14.3. The molecule has 0 saturated carbocycles. The standard InChI is InChI=1S/C14H11BN2O3/c15-14(20)17-8-10-5-6-12(13(18)19)16(10)7-9-3-1-2-4-11(9)17/h1-6H,7-8H2,(H,18,19). The van der Waals surface area contributed by atoms with Crippen LogP contribution in [0.15, 0.2) is 36.4 Å². The lowest BCUT2D eigenvalue weighted by Gasteiger charge is -2.21. The second kappa shape index (κ2) is 4.56. The number of carboxylic acids is 1. The number of para-hydroxylation sites is 1. The molecule has 1 aromatic carbocycles. The summed E-state index contributed by atoms with van der Waals surface area (Å²) in [6.07, 6.45) is 0. The number of nitrogens with zero attached hydrogens (tertiary/aromatic N) is 2. The Labute approximate surface area is 116 Å². The lowest BCUT2D eigenvalue weighted by atomic mass is 10.1. The number of aromatic carboxylic acids is 1. The molecule has 1 aliphatic heterocycles. The molecule has 2 radical (unpaired) electrons. The van der Waals surface area contributed by atoms with Gasteiger partial charge in [0.2, 0.25) is 7.85 Å². The summed E-state index contributed by atoms with van der Waals surface area (Å²) < 4.78 is 1.70. The number of benzene rings is 1. The molecular formula is C14H11BN2O3. The van der Waals surface area contributed by atoms with Gasteiger partial charge in [-0.1, -0.05) is 18.2 Å². The van der Waals surface area contributed by atoms with Crippen LogP contribution in [0.25, 0.3) is 0 Å². The van der Waals surface area contributed by atoms with Gasteiger partial charge in [-0.15, -0.1) is 0 Å². The van der Waals surface area contributed by atoms with Crippen molar-refractivity contribution in [3.8, 4) is 0 Å². The Morgan fingerprint density at radius 3 is 2.55 bits per heavy atom. The van der Waals surface area contributed by atoms with Gasteiger partial charge in [-0.05, 0) is 23.8 Å². The zero-order valence-corrected chi connectivity index (χ0v) is 10.6. The van der Waals surface area contributed by atoms with Crippen molar-refractivity contribution in [2.45, 2.75) is 13.1 Å². The van der Waals surface area contributed by atoms with E-state index in [1.165, 1.54) is 4.90 Å². The van der Waals surface area contributed by atoms with Crippen LogP contribution < -0.4 is 4.90 Å². The number of carbonyl (C=O) groups excluding carboxylic acids is 1. The van der Waals surface area contributed by atoms with Crippen molar-refractivity contribution in [2.75, 3.05) is 4.90 Å². The smallest absolute Gasteiger partial charge is 0.352 e. The van der Waals surface area contributed by atoms with Crippen molar-refractivity contribution in [3.63, 3.8) is 0 Å². The maximum absolute atomic E-state index is 11.6. The fourth-order valence-corrected chi connectivity index (χ4v) is 2.54. The van der Waals surface area contributed by atoms with Crippen LogP contribution in [0.4, 0.5) is 10.5 Å². The molecule has 0 atom stereocenters. The Morgan fingerprint density at radius 1 is 1.10 bits per heavy atom. The normalized spacial score (nSPS) is 13.3. The number of fused-ring (bicyclic) bond motifs is 2. The van der Waals surface area contributed by atoms with E-state index in [-0.39, 0.29) is 12.2 Å². The first-order chi connectivity index (χ1) is 9.58. The first-order valence-electron chi connectivity index (χ1n) is 6.14. The van der Waals surface area contributed by atoms with E-state index in [1.54, 1.807) is 16.7 Å². The molecule has 1 N–H and O–H groups in total. The summed E-state index contributed by atoms with van der Waals surface area (Å²) in [7, 11) is 5.44. The Hall–Kier alpha value is -2.50. The largest absolute Gasteiger partial charge is 0.477 e. The summed E-state index contributed by atoms with van der Waals surface area (Å²) in [5.74, 6) is -1.54. The molecule has 2 heterocycles. The van der Waals surface area contributed by atoms with E-state index in [1.807, 2.05) is 24.3 Å². The van der Waals surface area contributed by atoms with Crippen LogP contribution in [-0.2, 0) is 13.1 Å². The number of aromatic nitrogens is 1. The number of carbonyl (C=O) groups is 2. The van der Waals surface area contributed by atoms with E-state index < -0.39 is 11.8 Å². The minimum absolute atomic E-state index is 0.209. The third kappa shape index (κ3) is 1.89. The third-order valence-corrected chi connectivity index (χ3v) is 3.49. The molecule has 3 rings (SSSR count). The number of hydrogen-bond donors (Lipinski definition) is 1. The molecular weight excluding hydrogens is 255 g/mol. The van der Waals surface area contributed by atoms with Crippen LogP contribution in [-0.4, -0.2) is 29.3 Å². The SMILES string of the molecule is [B]C(=O)N1Cc2ccc(C(=O)O)n2Cc2ccccc21. The predicted molar refractivity (Wildman–Crippen MR) is 74.3 cm³/mol. The Kier molecular flexibility index (Phi) is 2.86. The second-order valence-electron chi connectivity index (χ2n) is 4.65. The first-order valence-corrected chi connectivity index (χ1v) is 6.14. The Morgan fingerprint density at radius 2 is 1.85 bits per heavy atom. The highest BCUT2D eigenvalue weighted by Gasteiger charge is 2.24. The van der Waals surface area contributed by atoms with Crippen LogP contribution in [0.3, 0.4) is 0 Å². The van der Waals surface area contributed by atoms with Crippen molar-refractivity contribution in [3.05, 3.63) is 53.3 Å². The quantitative estimate of drug-likeness (QED) is 0.801. The molecule has 1 aromatic heterocycles. The van der Waals surface area contributed by atoms with E-state index in [2.05, 4.69) is 0 Å². The molecule has 0 bridgehead atoms. The Bertz CT molecular complexity index is 708. The van der Waals surface area contributed by atoms with E-state index in [9.17, 15) is 14.7 Å². The fraction of sp³-hybridized carbons (Fsp3) is 0.143. The number of anilines is 1. The van der Waals surface area contributed by atoms with Gasteiger partial charge in [-0.3, -0.25) is 4.79 Å². The number of hydrogen-bond acceptors (Lipinski definition) is 2. The molecule has 0 fully saturated rings. The molecule has 1 amide bonds. The summed E-state index contributed by atoms with van der Waals surface area (Å²) in [6, 6.07) is 10.6. The molecule has 0 unspecified atom stereocenters. The molecule has 98 valence electrons. The molecule has 0 aliphatic carbocycles. The van der Waals surface area contributed by atoms with E-state index in [0.717, 1.165) is 16.9 Å². The van der Waals surface area contributed by atoms with Crippen molar-refractivity contribution >= 4 is 25.3 Å². The highest BCUT2D eigenvalue weighted by Crippen LogP contribution is 2.28. The van der Waals surface area contributed by atoms with Crippen molar-refractivity contribution in [1.29, 1.82) is 0 Å². The topological polar surface area (TPSA) is 62.5 Å². The summed E-state index contributed by atoms with van der Waals surface area (Å²) in [5, 5.41) is 9.22. The number of amides is 1. The molecule has 2 aromatic rings. The monoisotopic (exact) mass is 266 g/mol. The average molecular weight is 266 g/mol. The van der Waals surface area contributed by atoms with E-state index in [4.69, 9.17) is 7.85 Å². The van der Waals surface area contributed by atoms with Crippen LogP contribution in [0.5, 0.6) is 0 Å². The third-order valence-electron chi connectivity index (χ3n) is 3.49. The lowest BCUT2D eigenvalue weighted by molar-refractivity contribution is 0.0685. The van der Waals surface area contributed by atoms with Crippen molar-refractivity contribution in [1.82, 2.24) is 4.57 Å². The van der Waals surface area contributed by atoms with Crippen molar-refractivity contribution in [2.24, 2.45) is 0 Å². The van der Waals surface area contributed by atoms with Crippen LogP contribution in [0.1, 0.15) is 21.7 Å². The fourth-order valence-electron chi connectivity index (χ4n) is 2.54. The first kappa shape index (κ1) is 12.5. The zero-order valence-electron chi connectivity index (χ0n) is 10.6. The van der Waals surface area contributed by atoms with Gasteiger partial charge in [-0.25, -0.2) is 4.79 Å². The average Bonchev–Trinajstić information content (AvgIpc) is 2.72.